The van der Waals surface area contributed by atoms with Crippen LogP contribution in [-0.2, 0) is 21.0 Å². The predicted molar refractivity (Wildman–Crippen MR) is 109 cm³/mol. The molecule has 1 N–H and O–H groups in total. The Kier molecular flexibility index (Phi) is 5.98. The molecule has 0 unspecified atom stereocenters. The fourth-order valence-electron chi connectivity index (χ4n) is 2.98. The Morgan fingerprint density at radius 2 is 2.03 bits per heavy atom. The number of carboxylic acid groups (broad SMARTS) is 1. The summed E-state index contributed by atoms with van der Waals surface area (Å²) in [6.07, 6.45) is 3.01. The Hall–Kier alpha value is -3.60. The number of hydroxylamine groups is 1. The Labute approximate surface area is 171 Å². The first-order chi connectivity index (χ1) is 13.9. The van der Waals surface area contributed by atoms with Gasteiger partial charge in [0.05, 0.1) is 12.8 Å². The van der Waals surface area contributed by atoms with Crippen LogP contribution in [0, 0.1) is 11.3 Å². The SMILES string of the molecule is CON(C(=O)C(C#N)=Cc1cn(CC(=O)O)c2ccccc12)c1cccc(Cl)c1. The van der Waals surface area contributed by atoms with E-state index in [2.05, 4.69) is 0 Å². The lowest BCUT2D eigenvalue weighted by molar-refractivity contribution is -0.137. The number of halogens is 1. The van der Waals surface area contributed by atoms with Gasteiger partial charge in [-0.05, 0) is 30.3 Å². The van der Waals surface area contributed by atoms with Crippen molar-refractivity contribution in [2.24, 2.45) is 0 Å². The quantitative estimate of drug-likeness (QED) is 0.378. The van der Waals surface area contributed by atoms with E-state index in [9.17, 15) is 14.9 Å². The van der Waals surface area contributed by atoms with E-state index in [0.717, 1.165) is 10.4 Å². The highest BCUT2D eigenvalue weighted by molar-refractivity contribution is 6.31. The molecule has 1 heterocycles. The van der Waals surface area contributed by atoms with E-state index in [-0.39, 0.29) is 12.1 Å². The molecule has 0 aliphatic carbocycles. The van der Waals surface area contributed by atoms with Crippen molar-refractivity contribution in [1.82, 2.24) is 4.57 Å². The number of carboxylic acids is 1. The van der Waals surface area contributed by atoms with Gasteiger partial charge in [0.1, 0.15) is 18.2 Å². The first kappa shape index (κ1) is 20.1. The fraction of sp³-hybridized carbons (Fsp3) is 0.0952. The third-order valence-corrected chi connectivity index (χ3v) is 4.42. The summed E-state index contributed by atoms with van der Waals surface area (Å²) in [5.41, 5.74) is 1.43. The van der Waals surface area contributed by atoms with Crippen LogP contribution in [-0.4, -0.2) is 28.7 Å². The molecule has 146 valence electrons. The molecule has 0 radical (unpaired) electrons. The number of carbonyl (C=O) groups is 2. The van der Waals surface area contributed by atoms with Crippen LogP contribution in [0.4, 0.5) is 5.69 Å². The van der Waals surface area contributed by atoms with Gasteiger partial charge in [0.2, 0.25) is 0 Å². The molecule has 0 saturated carbocycles. The van der Waals surface area contributed by atoms with Gasteiger partial charge in [-0.3, -0.25) is 14.4 Å². The summed E-state index contributed by atoms with van der Waals surface area (Å²) in [4.78, 5) is 29.2. The molecule has 0 fully saturated rings. The van der Waals surface area contributed by atoms with Crippen molar-refractivity contribution < 1.29 is 19.5 Å². The van der Waals surface area contributed by atoms with Gasteiger partial charge in [-0.25, -0.2) is 0 Å². The van der Waals surface area contributed by atoms with Gasteiger partial charge < -0.3 is 9.67 Å². The smallest absolute Gasteiger partial charge is 0.323 e. The molecule has 0 saturated heterocycles. The highest BCUT2D eigenvalue weighted by Gasteiger charge is 2.21. The zero-order valence-corrected chi connectivity index (χ0v) is 16.1. The molecule has 0 aliphatic rings. The van der Waals surface area contributed by atoms with E-state index in [1.54, 1.807) is 53.2 Å². The van der Waals surface area contributed by atoms with Crippen molar-refractivity contribution in [1.29, 1.82) is 5.26 Å². The average Bonchev–Trinajstić information content (AvgIpc) is 3.03. The van der Waals surface area contributed by atoms with E-state index in [1.165, 1.54) is 19.3 Å². The Bertz CT molecular complexity index is 1160. The summed E-state index contributed by atoms with van der Waals surface area (Å²) in [6.45, 7) is -0.239. The van der Waals surface area contributed by atoms with Crippen molar-refractivity contribution in [3.8, 4) is 6.07 Å². The van der Waals surface area contributed by atoms with E-state index in [1.807, 2.05) is 6.07 Å². The van der Waals surface area contributed by atoms with E-state index in [0.29, 0.717) is 21.8 Å². The maximum absolute atomic E-state index is 12.9. The maximum atomic E-state index is 12.9. The molecular formula is C21H16ClN3O4. The van der Waals surface area contributed by atoms with E-state index >= 15 is 0 Å². The third-order valence-electron chi connectivity index (χ3n) is 4.19. The minimum atomic E-state index is -0.996. The first-order valence-electron chi connectivity index (χ1n) is 8.50. The summed E-state index contributed by atoms with van der Waals surface area (Å²) < 4.78 is 1.55. The van der Waals surface area contributed by atoms with Crippen molar-refractivity contribution in [3.63, 3.8) is 0 Å². The van der Waals surface area contributed by atoms with Gasteiger partial charge in [-0.15, -0.1) is 0 Å². The van der Waals surface area contributed by atoms with Crippen LogP contribution in [0.15, 0.2) is 60.3 Å². The standard InChI is InChI=1S/C21H16ClN3O4/c1-29-25(17-6-4-5-16(22)10-17)21(28)14(11-23)9-15-12-24(13-20(26)27)19-8-3-2-7-18(15)19/h2-10,12H,13H2,1H3,(H,26,27). The molecule has 0 spiro atoms. The third kappa shape index (κ3) is 4.29. The average molecular weight is 410 g/mol. The minimum Gasteiger partial charge on any atom is -0.480 e. The van der Waals surface area contributed by atoms with Gasteiger partial charge in [-0.2, -0.15) is 10.3 Å². The number of aromatic nitrogens is 1. The lowest BCUT2D eigenvalue weighted by Crippen LogP contribution is -2.30. The first-order valence-corrected chi connectivity index (χ1v) is 8.88. The summed E-state index contributed by atoms with van der Waals surface area (Å²) in [5, 5.41) is 20.8. The number of amides is 1. The van der Waals surface area contributed by atoms with Crippen molar-refractivity contribution >= 4 is 46.1 Å². The summed E-state index contributed by atoms with van der Waals surface area (Å²) in [6, 6.07) is 15.5. The van der Waals surface area contributed by atoms with Crippen molar-refractivity contribution in [3.05, 3.63) is 70.9 Å². The van der Waals surface area contributed by atoms with Crippen molar-refractivity contribution in [2.75, 3.05) is 12.2 Å². The molecule has 7 nitrogen and oxygen atoms in total. The number of nitriles is 1. The zero-order valence-electron chi connectivity index (χ0n) is 15.4. The lowest BCUT2D eigenvalue weighted by Gasteiger charge is -2.19. The van der Waals surface area contributed by atoms with Gasteiger partial charge in [0.15, 0.2) is 0 Å². The maximum Gasteiger partial charge on any atom is 0.323 e. The highest BCUT2D eigenvalue weighted by Crippen LogP contribution is 2.26. The number of benzene rings is 2. The number of aliphatic carboxylic acids is 1. The molecule has 3 rings (SSSR count). The fourth-order valence-corrected chi connectivity index (χ4v) is 3.17. The zero-order chi connectivity index (χ0) is 21.0. The largest absolute Gasteiger partial charge is 0.480 e. The highest BCUT2D eigenvalue weighted by atomic mass is 35.5. The molecule has 1 amide bonds. The molecular weight excluding hydrogens is 394 g/mol. The number of rotatable bonds is 6. The second-order valence-electron chi connectivity index (χ2n) is 6.06. The normalized spacial score (nSPS) is 11.3. The van der Waals surface area contributed by atoms with E-state index < -0.39 is 11.9 Å². The van der Waals surface area contributed by atoms with Crippen LogP contribution in [0.3, 0.4) is 0 Å². The summed E-state index contributed by atoms with van der Waals surface area (Å²) in [5.74, 6) is -1.67. The van der Waals surface area contributed by atoms with Crippen LogP contribution < -0.4 is 5.06 Å². The van der Waals surface area contributed by atoms with Gasteiger partial charge >= 0.3 is 5.97 Å². The number of nitrogens with zero attached hydrogens (tertiary/aromatic N) is 3. The number of para-hydroxylation sites is 1. The van der Waals surface area contributed by atoms with Crippen LogP contribution >= 0.6 is 11.6 Å². The minimum absolute atomic E-state index is 0.176. The second-order valence-corrected chi connectivity index (χ2v) is 6.49. The molecule has 3 aromatic rings. The Morgan fingerprint density at radius 3 is 2.69 bits per heavy atom. The van der Waals surface area contributed by atoms with E-state index in [4.69, 9.17) is 21.5 Å². The molecule has 0 atom stereocenters. The van der Waals surface area contributed by atoms with Crippen LogP contribution in [0.1, 0.15) is 5.56 Å². The predicted octanol–water partition coefficient (Wildman–Crippen LogP) is 3.88. The number of hydrogen-bond donors (Lipinski definition) is 1. The number of hydrogen-bond acceptors (Lipinski definition) is 4. The summed E-state index contributed by atoms with van der Waals surface area (Å²) in [7, 11) is 1.31. The molecule has 0 aliphatic heterocycles. The van der Waals surface area contributed by atoms with Crippen molar-refractivity contribution in [2.45, 2.75) is 6.54 Å². The Balaban J connectivity index is 2.05. The van der Waals surface area contributed by atoms with Gasteiger partial charge in [0, 0.05) is 27.7 Å². The molecule has 8 heteroatoms. The monoisotopic (exact) mass is 409 g/mol. The molecule has 29 heavy (non-hydrogen) atoms. The summed E-state index contributed by atoms with van der Waals surface area (Å²) >= 11 is 5.98. The molecule has 1 aromatic heterocycles. The number of fused-ring (bicyclic) bond motifs is 1. The lowest BCUT2D eigenvalue weighted by atomic mass is 10.1. The second kappa shape index (κ2) is 8.61. The number of carbonyl (C=O) groups excluding carboxylic acids is 1. The van der Waals surface area contributed by atoms with Crippen LogP contribution in [0.2, 0.25) is 5.02 Å². The number of anilines is 1. The Morgan fingerprint density at radius 1 is 1.28 bits per heavy atom. The molecule has 0 bridgehead atoms. The van der Waals surface area contributed by atoms with Gasteiger partial charge in [-0.1, -0.05) is 35.9 Å². The van der Waals surface area contributed by atoms with Gasteiger partial charge in [0.25, 0.3) is 5.91 Å². The van der Waals surface area contributed by atoms with Crippen LogP contribution in [0.5, 0.6) is 0 Å². The molecule has 2 aromatic carbocycles. The van der Waals surface area contributed by atoms with Crippen LogP contribution in [0.25, 0.3) is 17.0 Å². The topological polar surface area (TPSA) is 95.6 Å².